The molecular weight excluding hydrogens is 242 g/mol. The molecule has 0 aliphatic heterocycles. The van der Waals surface area contributed by atoms with Gasteiger partial charge in [0.1, 0.15) is 5.75 Å². The Labute approximate surface area is 101 Å². The monoisotopic (exact) mass is 251 g/mol. The molecular formula is C10H9N3O3S. The number of nitrogens with zero attached hydrogens (tertiary/aromatic N) is 3. The minimum absolute atomic E-state index is 0.0907. The number of aryl methyl sites for hydroxylation is 1. The van der Waals surface area contributed by atoms with Crippen LogP contribution in [-0.4, -0.2) is 19.6 Å². The molecule has 0 aliphatic carbocycles. The number of rotatable bonds is 3. The minimum atomic E-state index is -0.539. The predicted molar refractivity (Wildman–Crippen MR) is 62.1 cm³/mol. The van der Waals surface area contributed by atoms with Crippen LogP contribution in [0.3, 0.4) is 0 Å². The number of phenolic OH excluding ortho intramolecular Hbond substituents is 1. The number of hydrogen-bond donors (Lipinski definition) is 1. The molecule has 0 atom stereocenters. The molecule has 0 amide bonds. The van der Waals surface area contributed by atoms with Crippen molar-refractivity contribution in [1.29, 1.82) is 0 Å². The van der Waals surface area contributed by atoms with Crippen LogP contribution < -0.4 is 0 Å². The molecule has 0 spiro atoms. The lowest BCUT2D eigenvalue weighted by Crippen LogP contribution is -1.93. The second-order valence-electron chi connectivity index (χ2n) is 3.31. The maximum atomic E-state index is 10.8. The van der Waals surface area contributed by atoms with Crippen molar-refractivity contribution < 1.29 is 10.0 Å². The van der Waals surface area contributed by atoms with Crippen molar-refractivity contribution >= 4 is 17.6 Å². The maximum absolute atomic E-state index is 10.8. The van der Waals surface area contributed by atoms with Gasteiger partial charge in [-0.15, -0.1) is 0 Å². The standard InChI is InChI=1S/C10H9N3O3S/c1-12-6-11-9(13(15)16)10(12)17-8-5-3-2-4-7(8)14/h2-6,14H,1H3. The number of nitro groups is 1. The summed E-state index contributed by atoms with van der Waals surface area (Å²) < 4.78 is 1.55. The van der Waals surface area contributed by atoms with Crippen molar-refractivity contribution in [1.82, 2.24) is 9.55 Å². The van der Waals surface area contributed by atoms with Gasteiger partial charge in [-0.05, 0) is 22.0 Å². The topological polar surface area (TPSA) is 81.2 Å². The highest BCUT2D eigenvalue weighted by molar-refractivity contribution is 7.99. The Hall–Kier alpha value is -2.02. The van der Waals surface area contributed by atoms with Gasteiger partial charge < -0.3 is 19.8 Å². The Bertz CT molecular complexity index is 568. The second kappa shape index (κ2) is 4.46. The number of imidazole rings is 1. The molecule has 0 aliphatic rings. The molecule has 0 radical (unpaired) electrons. The van der Waals surface area contributed by atoms with Gasteiger partial charge in [0.15, 0.2) is 5.03 Å². The van der Waals surface area contributed by atoms with Gasteiger partial charge in [-0.2, -0.15) is 0 Å². The van der Waals surface area contributed by atoms with Crippen LogP contribution in [0.15, 0.2) is 40.5 Å². The molecule has 1 N–H and O–H groups in total. The first-order chi connectivity index (χ1) is 8.09. The summed E-state index contributed by atoms with van der Waals surface area (Å²) in [5.74, 6) is -0.117. The van der Waals surface area contributed by atoms with Gasteiger partial charge in [-0.25, -0.2) is 0 Å². The van der Waals surface area contributed by atoms with Crippen LogP contribution in [0.25, 0.3) is 0 Å². The number of phenols is 1. The van der Waals surface area contributed by atoms with Gasteiger partial charge in [0.25, 0.3) is 0 Å². The van der Waals surface area contributed by atoms with Gasteiger partial charge in [0.05, 0.1) is 4.90 Å². The summed E-state index contributed by atoms with van der Waals surface area (Å²) in [5, 5.41) is 20.8. The summed E-state index contributed by atoms with van der Waals surface area (Å²) >= 11 is 1.11. The summed E-state index contributed by atoms with van der Waals surface area (Å²) in [4.78, 5) is 14.5. The molecule has 0 fully saturated rings. The van der Waals surface area contributed by atoms with Crippen LogP contribution in [0.5, 0.6) is 5.75 Å². The summed E-state index contributed by atoms with van der Waals surface area (Å²) in [6, 6.07) is 6.67. The first kappa shape index (κ1) is 11.5. The normalized spacial score (nSPS) is 10.4. The summed E-state index contributed by atoms with van der Waals surface area (Å²) in [5.41, 5.74) is 0. The van der Waals surface area contributed by atoms with E-state index in [1.54, 1.807) is 29.8 Å². The summed E-state index contributed by atoms with van der Waals surface area (Å²) in [6.07, 6.45) is 1.38. The van der Waals surface area contributed by atoms with E-state index >= 15 is 0 Å². The lowest BCUT2D eigenvalue weighted by molar-refractivity contribution is -0.392. The van der Waals surface area contributed by atoms with Crippen molar-refractivity contribution in [3.05, 3.63) is 40.7 Å². The van der Waals surface area contributed by atoms with E-state index in [4.69, 9.17) is 0 Å². The molecule has 2 aromatic rings. The van der Waals surface area contributed by atoms with E-state index in [1.807, 2.05) is 0 Å². The SMILES string of the molecule is Cn1cnc([N+](=O)[O-])c1Sc1ccccc1O. The second-order valence-corrected chi connectivity index (χ2v) is 4.34. The quantitative estimate of drug-likeness (QED) is 0.668. The van der Waals surface area contributed by atoms with E-state index in [2.05, 4.69) is 4.98 Å². The smallest absolute Gasteiger partial charge is 0.396 e. The van der Waals surface area contributed by atoms with Gasteiger partial charge >= 0.3 is 5.82 Å². The Morgan fingerprint density at radius 3 is 2.82 bits per heavy atom. The molecule has 0 saturated heterocycles. The van der Waals surface area contributed by atoms with E-state index in [1.165, 1.54) is 12.4 Å². The first-order valence-electron chi connectivity index (χ1n) is 4.71. The molecule has 0 bridgehead atoms. The molecule has 2 rings (SSSR count). The Balaban J connectivity index is 2.39. The largest absolute Gasteiger partial charge is 0.507 e. The zero-order valence-electron chi connectivity index (χ0n) is 8.90. The zero-order chi connectivity index (χ0) is 12.4. The molecule has 6 nitrogen and oxygen atoms in total. The van der Waals surface area contributed by atoms with Crippen molar-refractivity contribution in [3.8, 4) is 5.75 Å². The fourth-order valence-electron chi connectivity index (χ4n) is 1.30. The number of para-hydroxylation sites is 1. The third-order valence-corrected chi connectivity index (χ3v) is 3.34. The van der Waals surface area contributed by atoms with Gasteiger partial charge in [0.2, 0.25) is 6.33 Å². The summed E-state index contributed by atoms with van der Waals surface area (Å²) in [7, 11) is 1.67. The maximum Gasteiger partial charge on any atom is 0.396 e. The van der Waals surface area contributed by atoms with E-state index < -0.39 is 4.92 Å². The van der Waals surface area contributed by atoms with E-state index in [-0.39, 0.29) is 11.6 Å². The van der Waals surface area contributed by atoms with Crippen LogP contribution in [0, 0.1) is 10.1 Å². The molecule has 0 saturated carbocycles. The minimum Gasteiger partial charge on any atom is -0.507 e. The molecule has 7 heteroatoms. The van der Waals surface area contributed by atoms with Crippen LogP contribution in [0.4, 0.5) is 5.82 Å². The summed E-state index contributed by atoms with van der Waals surface area (Å²) in [6.45, 7) is 0. The lowest BCUT2D eigenvalue weighted by Gasteiger charge is -2.03. The number of aromatic nitrogens is 2. The first-order valence-corrected chi connectivity index (χ1v) is 5.53. The lowest BCUT2D eigenvalue weighted by atomic mass is 10.3. The molecule has 17 heavy (non-hydrogen) atoms. The highest BCUT2D eigenvalue weighted by Gasteiger charge is 2.21. The molecule has 88 valence electrons. The number of hydrogen-bond acceptors (Lipinski definition) is 5. The fraction of sp³-hybridized carbons (Fsp3) is 0.100. The van der Waals surface area contributed by atoms with Gasteiger partial charge in [0, 0.05) is 7.05 Å². The van der Waals surface area contributed by atoms with Crippen LogP contribution in [0.1, 0.15) is 0 Å². The van der Waals surface area contributed by atoms with Crippen molar-refractivity contribution in [3.63, 3.8) is 0 Å². The van der Waals surface area contributed by atoms with Crippen molar-refractivity contribution in [2.45, 2.75) is 9.92 Å². The average molecular weight is 251 g/mol. The average Bonchev–Trinajstić information content (AvgIpc) is 2.64. The predicted octanol–water partition coefficient (Wildman–Crippen LogP) is 2.19. The van der Waals surface area contributed by atoms with Crippen molar-refractivity contribution in [2.75, 3.05) is 0 Å². The number of benzene rings is 1. The Kier molecular flexibility index (Phi) is 3.01. The van der Waals surface area contributed by atoms with Gasteiger partial charge in [-0.3, -0.25) is 0 Å². The zero-order valence-corrected chi connectivity index (χ0v) is 9.72. The number of aromatic hydroxyl groups is 1. The highest BCUT2D eigenvalue weighted by atomic mass is 32.2. The molecule has 1 aromatic heterocycles. The van der Waals surface area contributed by atoms with Gasteiger partial charge in [-0.1, -0.05) is 23.9 Å². The third-order valence-electron chi connectivity index (χ3n) is 2.11. The van der Waals surface area contributed by atoms with Crippen LogP contribution in [0.2, 0.25) is 0 Å². The fourth-order valence-corrected chi connectivity index (χ4v) is 2.23. The van der Waals surface area contributed by atoms with Crippen molar-refractivity contribution in [2.24, 2.45) is 7.05 Å². The van der Waals surface area contributed by atoms with E-state index in [0.29, 0.717) is 9.92 Å². The van der Waals surface area contributed by atoms with E-state index in [0.717, 1.165) is 11.8 Å². The molecule has 1 aromatic carbocycles. The van der Waals surface area contributed by atoms with E-state index in [9.17, 15) is 15.2 Å². The highest BCUT2D eigenvalue weighted by Crippen LogP contribution is 2.37. The Morgan fingerprint density at radius 2 is 2.18 bits per heavy atom. The molecule has 1 heterocycles. The van der Waals surface area contributed by atoms with Crippen LogP contribution >= 0.6 is 11.8 Å². The molecule has 0 unspecified atom stereocenters. The van der Waals surface area contributed by atoms with Crippen LogP contribution in [-0.2, 0) is 7.05 Å². The Morgan fingerprint density at radius 1 is 1.47 bits per heavy atom. The third kappa shape index (κ3) is 2.23.